The molecule has 3 atom stereocenters. The fraction of sp³-hybridized carbons (Fsp3) is 0.581. The lowest BCUT2D eigenvalue weighted by Gasteiger charge is -2.25. The van der Waals surface area contributed by atoms with E-state index in [-0.39, 0.29) is 22.3 Å². The van der Waals surface area contributed by atoms with Crippen molar-refractivity contribution in [2.75, 3.05) is 0 Å². The molecule has 0 heterocycles. The number of hydrogen-bond acceptors (Lipinski definition) is 1. The molecule has 0 bridgehead atoms. The molecule has 1 N–H and O–H groups in total. The van der Waals surface area contributed by atoms with E-state index in [1.54, 1.807) is 0 Å². The highest BCUT2D eigenvalue weighted by Crippen LogP contribution is 2.58. The van der Waals surface area contributed by atoms with E-state index in [4.69, 9.17) is 11.6 Å². The number of halogens is 1. The standard InChI is InChI=1S/C31H44ClNO/c1-19(2)21-13-25(17-27(32)16-21)31(10)18-26(31)11-20(3)22-12-23(28(34)33-30(7,8)9)15-24(14-22)29(4,5)6/h12-17,19-20,26H,11,18H2,1-10H3,(H,33,34). The van der Waals surface area contributed by atoms with Crippen molar-refractivity contribution < 1.29 is 4.79 Å². The van der Waals surface area contributed by atoms with Crippen LogP contribution in [0.25, 0.3) is 0 Å². The summed E-state index contributed by atoms with van der Waals surface area (Å²) in [5, 5.41) is 3.98. The molecule has 1 fully saturated rings. The number of rotatable bonds is 6. The van der Waals surface area contributed by atoms with Crippen molar-refractivity contribution in [2.24, 2.45) is 5.92 Å². The Morgan fingerprint density at radius 3 is 2.21 bits per heavy atom. The summed E-state index contributed by atoms with van der Waals surface area (Å²) in [4.78, 5) is 13.0. The monoisotopic (exact) mass is 481 g/mol. The second kappa shape index (κ2) is 9.34. The molecule has 1 aliphatic rings. The Morgan fingerprint density at radius 1 is 1.00 bits per heavy atom. The molecule has 0 radical (unpaired) electrons. The SMILES string of the molecule is CC(C)c1cc(Cl)cc(C2(C)CC2CC(C)c2cc(C(=O)NC(C)(C)C)cc(C(C)(C)C)c2)c1. The van der Waals surface area contributed by atoms with Crippen LogP contribution in [0, 0.1) is 5.92 Å². The zero-order valence-corrected chi connectivity index (χ0v) is 23.7. The van der Waals surface area contributed by atoms with Crippen LogP contribution in [0.1, 0.15) is 127 Å². The number of benzene rings is 2. The maximum atomic E-state index is 13.0. The van der Waals surface area contributed by atoms with Gasteiger partial charge in [0.1, 0.15) is 0 Å². The second-order valence-electron chi connectivity index (χ2n) is 13.2. The van der Waals surface area contributed by atoms with Gasteiger partial charge in [0.05, 0.1) is 0 Å². The maximum absolute atomic E-state index is 13.0. The molecule has 3 unspecified atom stereocenters. The van der Waals surface area contributed by atoms with E-state index in [1.807, 2.05) is 20.8 Å². The average Bonchev–Trinajstić information content (AvgIpc) is 3.35. The van der Waals surface area contributed by atoms with Crippen LogP contribution in [-0.2, 0) is 10.8 Å². The van der Waals surface area contributed by atoms with Gasteiger partial charge in [-0.05, 0) is 109 Å². The summed E-state index contributed by atoms with van der Waals surface area (Å²) in [6.45, 7) is 21.9. The van der Waals surface area contributed by atoms with E-state index >= 15 is 0 Å². The Labute approximate surface area is 212 Å². The van der Waals surface area contributed by atoms with Gasteiger partial charge in [-0.25, -0.2) is 0 Å². The Morgan fingerprint density at radius 2 is 1.65 bits per heavy atom. The van der Waals surface area contributed by atoms with E-state index in [9.17, 15) is 4.79 Å². The molecule has 0 aliphatic heterocycles. The molecule has 3 rings (SSSR count). The predicted molar refractivity (Wildman–Crippen MR) is 146 cm³/mol. The van der Waals surface area contributed by atoms with Gasteiger partial charge in [0.15, 0.2) is 0 Å². The first-order valence-corrected chi connectivity index (χ1v) is 13.2. The highest BCUT2D eigenvalue weighted by atomic mass is 35.5. The van der Waals surface area contributed by atoms with Crippen LogP contribution < -0.4 is 5.32 Å². The largest absolute Gasteiger partial charge is 0.347 e. The van der Waals surface area contributed by atoms with Crippen molar-refractivity contribution in [1.82, 2.24) is 5.32 Å². The lowest BCUT2D eigenvalue weighted by Crippen LogP contribution is -2.40. The van der Waals surface area contributed by atoms with Crippen molar-refractivity contribution >= 4 is 17.5 Å². The summed E-state index contributed by atoms with van der Waals surface area (Å²) in [5.41, 5.74) is 5.82. The zero-order valence-electron chi connectivity index (χ0n) is 22.9. The van der Waals surface area contributed by atoms with Crippen molar-refractivity contribution in [3.05, 3.63) is 69.2 Å². The predicted octanol–water partition coefficient (Wildman–Crippen LogP) is 8.76. The first kappa shape index (κ1) is 26.8. The van der Waals surface area contributed by atoms with Gasteiger partial charge in [-0.15, -0.1) is 0 Å². The first-order valence-electron chi connectivity index (χ1n) is 12.8. The zero-order chi connectivity index (χ0) is 25.6. The molecule has 1 aliphatic carbocycles. The fourth-order valence-electron chi connectivity index (χ4n) is 4.90. The van der Waals surface area contributed by atoms with Crippen molar-refractivity contribution in [3.8, 4) is 0 Å². The normalized spacial score (nSPS) is 21.5. The lowest BCUT2D eigenvalue weighted by atomic mass is 9.81. The first-order chi connectivity index (χ1) is 15.5. The minimum absolute atomic E-state index is 0.00320. The highest BCUT2D eigenvalue weighted by Gasteiger charge is 2.51. The summed E-state index contributed by atoms with van der Waals surface area (Å²) < 4.78 is 0. The van der Waals surface area contributed by atoms with E-state index in [0.717, 1.165) is 17.0 Å². The lowest BCUT2D eigenvalue weighted by molar-refractivity contribution is 0.0919. The van der Waals surface area contributed by atoms with Crippen LogP contribution >= 0.6 is 11.6 Å². The third-order valence-electron chi connectivity index (χ3n) is 7.44. The van der Waals surface area contributed by atoms with Gasteiger partial charge in [-0.3, -0.25) is 4.79 Å². The van der Waals surface area contributed by atoms with Crippen molar-refractivity contribution in [1.29, 1.82) is 0 Å². The Balaban J connectivity index is 1.86. The number of amides is 1. The van der Waals surface area contributed by atoms with Crippen LogP contribution in [0.5, 0.6) is 0 Å². The summed E-state index contributed by atoms with van der Waals surface area (Å²) in [6.07, 6.45) is 2.29. The summed E-state index contributed by atoms with van der Waals surface area (Å²) in [7, 11) is 0. The Kier molecular flexibility index (Phi) is 7.36. The molecular weight excluding hydrogens is 438 g/mol. The molecule has 0 saturated heterocycles. The van der Waals surface area contributed by atoms with E-state index in [1.165, 1.54) is 28.7 Å². The quantitative estimate of drug-likeness (QED) is 0.438. The van der Waals surface area contributed by atoms with Crippen LogP contribution in [0.3, 0.4) is 0 Å². The van der Waals surface area contributed by atoms with Gasteiger partial charge in [0, 0.05) is 16.1 Å². The summed E-state index contributed by atoms with van der Waals surface area (Å²) in [5.74, 6) is 1.46. The Hall–Kier alpha value is -1.80. The van der Waals surface area contributed by atoms with Crippen LogP contribution in [0.4, 0.5) is 0 Å². The molecule has 186 valence electrons. The van der Waals surface area contributed by atoms with E-state index in [0.29, 0.717) is 17.8 Å². The van der Waals surface area contributed by atoms with Crippen LogP contribution in [0.15, 0.2) is 36.4 Å². The molecule has 2 nitrogen and oxygen atoms in total. The molecule has 0 aromatic heterocycles. The minimum Gasteiger partial charge on any atom is -0.347 e. The molecule has 0 spiro atoms. The number of nitrogens with one attached hydrogen (secondary N) is 1. The minimum atomic E-state index is -0.262. The average molecular weight is 482 g/mol. The van der Waals surface area contributed by atoms with Crippen molar-refractivity contribution in [2.45, 2.75) is 110 Å². The molecule has 1 saturated carbocycles. The summed E-state index contributed by atoms with van der Waals surface area (Å²) >= 11 is 6.49. The Bertz CT molecular complexity index is 1060. The number of carbonyl (C=O) groups is 1. The smallest absolute Gasteiger partial charge is 0.251 e. The molecule has 3 heteroatoms. The number of hydrogen-bond donors (Lipinski definition) is 1. The second-order valence-corrected chi connectivity index (χ2v) is 13.6. The highest BCUT2D eigenvalue weighted by molar-refractivity contribution is 6.30. The topological polar surface area (TPSA) is 29.1 Å². The van der Waals surface area contributed by atoms with Crippen LogP contribution in [0.2, 0.25) is 5.02 Å². The molecule has 34 heavy (non-hydrogen) atoms. The van der Waals surface area contributed by atoms with Crippen LogP contribution in [-0.4, -0.2) is 11.4 Å². The third-order valence-corrected chi connectivity index (χ3v) is 7.66. The van der Waals surface area contributed by atoms with Gasteiger partial charge in [0.2, 0.25) is 0 Å². The summed E-state index contributed by atoms with van der Waals surface area (Å²) in [6, 6.07) is 13.1. The van der Waals surface area contributed by atoms with E-state index in [2.05, 4.69) is 90.2 Å². The molecule has 2 aromatic rings. The molecule has 1 amide bonds. The van der Waals surface area contributed by atoms with Gasteiger partial charge in [0.25, 0.3) is 5.91 Å². The van der Waals surface area contributed by atoms with Gasteiger partial charge < -0.3 is 5.32 Å². The van der Waals surface area contributed by atoms with Crippen molar-refractivity contribution in [3.63, 3.8) is 0 Å². The van der Waals surface area contributed by atoms with Gasteiger partial charge >= 0.3 is 0 Å². The number of carbonyl (C=O) groups excluding carboxylic acids is 1. The fourth-order valence-corrected chi connectivity index (χ4v) is 5.14. The third kappa shape index (κ3) is 6.25. The van der Waals surface area contributed by atoms with E-state index < -0.39 is 0 Å². The molecular formula is C31H44ClNO. The van der Waals surface area contributed by atoms with Gasteiger partial charge in [-0.2, -0.15) is 0 Å². The maximum Gasteiger partial charge on any atom is 0.251 e. The molecule has 2 aromatic carbocycles. The van der Waals surface area contributed by atoms with Gasteiger partial charge in [-0.1, -0.05) is 72.2 Å².